The van der Waals surface area contributed by atoms with Crippen molar-refractivity contribution in [3.8, 4) is 5.75 Å². The maximum absolute atomic E-state index is 9.65. The lowest BCUT2D eigenvalue weighted by Gasteiger charge is -2.04. The first-order valence-corrected chi connectivity index (χ1v) is 4.43. The molecule has 2 nitrogen and oxygen atoms in total. The van der Waals surface area contributed by atoms with Crippen LogP contribution in [0.1, 0.15) is 11.1 Å². The molecule has 0 radical (unpaired) electrons. The first-order valence-electron chi connectivity index (χ1n) is 4.43. The van der Waals surface area contributed by atoms with E-state index in [2.05, 4.69) is 0 Å². The predicted molar refractivity (Wildman–Crippen MR) is 56.1 cm³/mol. The molecule has 2 N–H and O–H groups in total. The molecule has 0 atom stereocenters. The van der Waals surface area contributed by atoms with Crippen LogP contribution in [0.15, 0.2) is 30.3 Å². The van der Waals surface area contributed by atoms with Crippen molar-refractivity contribution in [2.45, 2.75) is 0 Å². The molecule has 14 heavy (non-hydrogen) atoms. The first kappa shape index (κ1) is 7.44. The molecule has 0 aromatic heterocycles. The van der Waals surface area contributed by atoms with Crippen LogP contribution < -0.4 is 0 Å². The van der Waals surface area contributed by atoms with Gasteiger partial charge in [0.05, 0.1) is 5.56 Å². The molecule has 0 heterocycles. The van der Waals surface area contributed by atoms with Crippen molar-refractivity contribution in [3.63, 3.8) is 0 Å². The molecule has 1 aliphatic rings. The number of benzene rings is 2. The van der Waals surface area contributed by atoms with E-state index in [0.717, 1.165) is 16.3 Å². The van der Waals surface area contributed by atoms with Crippen LogP contribution in [-0.2, 0) is 0 Å². The number of hydrogen-bond acceptors (Lipinski definition) is 2. The number of aliphatic hydroxyl groups is 1. The van der Waals surface area contributed by atoms with Crippen LogP contribution in [0.25, 0.3) is 22.6 Å². The second-order valence-corrected chi connectivity index (χ2v) is 3.43. The van der Waals surface area contributed by atoms with E-state index in [1.54, 1.807) is 12.1 Å². The third-order valence-electron chi connectivity index (χ3n) is 2.60. The number of aliphatic hydroxyl groups excluding tert-OH is 1. The van der Waals surface area contributed by atoms with Crippen LogP contribution in [-0.4, -0.2) is 10.2 Å². The van der Waals surface area contributed by atoms with Gasteiger partial charge in [-0.1, -0.05) is 24.3 Å². The van der Waals surface area contributed by atoms with E-state index in [1.807, 2.05) is 24.3 Å². The Balaban J connectivity index is 2.60. The summed E-state index contributed by atoms with van der Waals surface area (Å²) in [5, 5.41) is 21.2. The summed E-state index contributed by atoms with van der Waals surface area (Å²) < 4.78 is 0. The van der Waals surface area contributed by atoms with Crippen molar-refractivity contribution in [1.29, 1.82) is 0 Å². The summed E-state index contributed by atoms with van der Waals surface area (Å²) in [6.07, 6.45) is 1.68. The van der Waals surface area contributed by atoms with Gasteiger partial charge in [-0.05, 0) is 23.1 Å². The summed E-state index contributed by atoms with van der Waals surface area (Å²) in [6, 6.07) is 9.29. The Morgan fingerprint density at radius 2 is 1.79 bits per heavy atom. The quantitative estimate of drug-likeness (QED) is 0.660. The lowest BCUT2D eigenvalue weighted by molar-refractivity contribution is 0.463. The van der Waals surface area contributed by atoms with Crippen LogP contribution >= 0.6 is 0 Å². The molecule has 3 rings (SSSR count). The fraction of sp³-hybridized carbons (Fsp3) is 0. The summed E-state index contributed by atoms with van der Waals surface area (Å²) in [7, 11) is 0. The van der Waals surface area contributed by atoms with Gasteiger partial charge in [0.25, 0.3) is 0 Å². The number of rotatable bonds is 0. The summed E-state index contributed by atoms with van der Waals surface area (Å²) in [4.78, 5) is 0. The van der Waals surface area contributed by atoms with E-state index < -0.39 is 0 Å². The number of aromatic hydroxyl groups is 1. The summed E-state index contributed by atoms with van der Waals surface area (Å²) in [5.41, 5.74) is 1.52. The van der Waals surface area contributed by atoms with Crippen molar-refractivity contribution >= 4 is 22.6 Å². The largest absolute Gasteiger partial charge is 0.507 e. The van der Waals surface area contributed by atoms with Gasteiger partial charge in [0.15, 0.2) is 0 Å². The summed E-state index contributed by atoms with van der Waals surface area (Å²) in [5.74, 6) is 0.283. The minimum absolute atomic E-state index is 0.135. The molecule has 0 amide bonds. The van der Waals surface area contributed by atoms with Crippen LogP contribution in [0.3, 0.4) is 0 Å². The Hall–Kier alpha value is -1.96. The molecule has 0 unspecified atom stereocenters. The molecule has 1 aliphatic carbocycles. The Labute approximate surface area is 80.7 Å². The maximum Gasteiger partial charge on any atom is 0.127 e. The predicted octanol–water partition coefficient (Wildman–Crippen LogP) is 2.91. The molecule has 0 saturated heterocycles. The van der Waals surface area contributed by atoms with Gasteiger partial charge in [0, 0.05) is 5.39 Å². The normalized spacial score (nSPS) is 13.3. The lowest BCUT2D eigenvalue weighted by atomic mass is 10.0. The molecule has 68 valence electrons. The monoisotopic (exact) mass is 184 g/mol. The smallest absolute Gasteiger partial charge is 0.127 e. The van der Waals surface area contributed by atoms with E-state index >= 15 is 0 Å². The molecule has 2 heteroatoms. The highest BCUT2D eigenvalue weighted by molar-refractivity contribution is 6.08. The van der Waals surface area contributed by atoms with Crippen LogP contribution in [0.2, 0.25) is 0 Å². The number of phenolic OH excluding ortho intramolecular Hbond substituents is 1. The van der Waals surface area contributed by atoms with Gasteiger partial charge in [-0.2, -0.15) is 0 Å². The highest BCUT2D eigenvalue weighted by Crippen LogP contribution is 2.40. The summed E-state index contributed by atoms with van der Waals surface area (Å²) >= 11 is 0. The first-order chi connectivity index (χ1) is 6.77. The number of phenols is 1. The van der Waals surface area contributed by atoms with E-state index in [-0.39, 0.29) is 11.5 Å². The average molecular weight is 184 g/mol. The van der Waals surface area contributed by atoms with E-state index in [4.69, 9.17) is 0 Å². The zero-order chi connectivity index (χ0) is 9.71. The second-order valence-electron chi connectivity index (χ2n) is 3.43. The van der Waals surface area contributed by atoms with Crippen molar-refractivity contribution in [3.05, 3.63) is 41.5 Å². The highest BCUT2D eigenvalue weighted by Gasteiger charge is 2.18. The molecular weight excluding hydrogens is 176 g/mol. The van der Waals surface area contributed by atoms with Crippen molar-refractivity contribution in [2.24, 2.45) is 0 Å². The van der Waals surface area contributed by atoms with Crippen LogP contribution in [0.5, 0.6) is 5.75 Å². The Morgan fingerprint density at radius 3 is 2.64 bits per heavy atom. The zero-order valence-corrected chi connectivity index (χ0v) is 7.36. The fourth-order valence-corrected chi connectivity index (χ4v) is 2.00. The molecule has 2 aromatic carbocycles. The van der Waals surface area contributed by atoms with E-state index in [9.17, 15) is 10.2 Å². The third kappa shape index (κ3) is 0.752. The topological polar surface area (TPSA) is 40.5 Å². The Kier molecular flexibility index (Phi) is 1.22. The van der Waals surface area contributed by atoms with Gasteiger partial charge in [0.2, 0.25) is 0 Å². The van der Waals surface area contributed by atoms with Crippen molar-refractivity contribution in [2.75, 3.05) is 0 Å². The average Bonchev–Trinajstić information content (AvgIpc) is 2.51. The molecular formula is C12H8O2. The van der Waals surface area contributed by atoms with Crippen molar-refractivity contribution in [1.82, 2.24) is 0 Å². The second kappa shape index (κ2) is 2.29. The minimum Gasteiger partial charge on any atom is -0.507 e. The molecule has 0 fully saturated rings. The molecule has 0 aliphatic heterocycles. The van der Waals surface area contributed by atoms with Gasteiger partial charge < -0.3 is 10.2 Å². The van der Waals surface area contributed by atoms with Gasteiger partial charge >= 0.3 is 0 Å². The van der Waals surface area contributed by atoms with E-state index in [1.165, 1.54) is 0 Å². The Morgan fingerprint density at radius 1 is 0.929 bits per heavy atom. The summed E-state index contributed by atoms with van der Waals surface area (Å²) in [6.45, 7) is 0. The van der Waals surface area contributed by atoms with E-state index in [0.29, 0.717) is 5.56 Å². The lowest BCUT2D eigenvalue weighted by Crippen LogP contribution is -1.82. The molecule has 0 saturated carbocycles. The highest BCUT2D eigenvalue weighted by atomic mass is 16.3. The van der Waals surface area contributed by atoms with Crippen LogP contribution in [0, 0.1) is 0 Å². The maximum atomic E-state index is 9.65. The molecule has 0 bridgehead atoms. The molecule has 0 spiro atoms. The number of hydrogen-bond donors (Lipinski definition) is 2. The van der Waals surface area contributed by atoms with Gasteiger partial charge in [-0.3, -0.25) is 0 Å². The third-order valence-corrected chi connectivity index (χ3v) is 2.60. The van der Waals surface area contributed by atoms with Gasteiger partial charge in [-0.25, -0.2) is 0 Å². The van der Waals surface area contributed by atoms with Gasteiger partial charge in [0.1, 0.15) is 11.5 Å². The van der Waals surface area contributed by atoms with Gasteiger partial charge in [-0.15, -0.1) is 0 Å². The zero-order valence-electron chi connectivity index (χ0n) is 7.36. The van der Waals surface area contributed by atoms with Crippen molar-refractivity contribution < 1.29 is 10.2 Å². The Bertz CT molecular complexity index is 568. The van der Waals surface area contributed by atoms with Crippen LogP contribution in [0.4, 0.5) is 0 Å². The molecule has 2 aromatic rings. The minimum atomic E-state index is 0.135. The SMILES string of the molecule is OC1=Cc2cccc3ccc(O)c1c23. The standard InChI is InChI=1S/C12H8O2/c13-9-5-4-7-2-1-3-8-6-10(14)12(9)11(7)8/h1-6,13-14H. The fourth-order valence-electron chi connectivity index (χ4n) is 2.00.